The van der Waals surface area contributed by atoms with E-state index >= 15 is 0 Å². The van der Waals surface area contributed by atoms with Crippen molar-refractivity contribution in [2.24, 2.45) is 0 Å². The molecule has 1 heterocycles. The Kier molecular flexibility index (Phi) is 5.20. The number of halogens is 1. The Balaban J connectivity index is 2.27. The van der Waals surface area contributed by atoms with Crippen molar-refractivity contribution in [3.8, 4) is 0 Å². The molecule has 0 aliphatic carbocycles. The fourth-order valence-corrected chi connectivity index (χ4v) is 3.24. The first-order valence-electron chi connectivity index (χ1n) is 6.60. The van der Waals surface area contributed by atoms with Gasteiger partial charge >= 0.3 is 5.97 Å². The Labute approximate surface area is 132 Å². The first-order chi connectivity index (χ1) is 10.0. The molecule has 21 heavy (non-hydrogen) atoms. The van der Waals surface area contributed by atoms with Crippen molar-refractivity contribution in [2.75, 3.05) is 6.61 Å². The lowest BCUT2D eigenvalue weighted by molar-refractivity contribution is -0.147. The van der Waals surface area contributed by atoms with Crippen LogP contribution in [0.25, 0.3) is 10.1 Å². The second-order valence-corrected chi connectivity index (χ2v) is 5.96. The van der Waals surface area contributed by atoms with Crippen LogP contribution in [0.3, 0.4) is 0 Å². The maximum absolute atomic E-state index is 11.9. The molecule has 1 N–H and O–H groups in total. The van der Waals surface area contributed by atoms with Crippen LogP contribution in [0.15, 0.2) is 23.6 Å². The highest BCUT2D eigenvalue weighted by Crippen LogP contribution is 2.29. The maximum atomic E-state index is 11.9. The molecular formula is C15H16ClNO3S. The summed E-state index contributed by atoms with van der Waals surface area (Å²) in [6.45, 7) is 3.41. The highest BCUT2D eigenvalue weighted by molar-refractivity contribution is 7.17. The van der Waals surface area contributed by atoms with Crippen LogP contribution in [0, 0.1) is 0 Å². The number of carbonyl (C=O) groups excluding carboxylic acids is 2. The van der Waals surface area contributed by atoms with Crippen LogP contribution in [0.4, 0.5) is 0 Å². The molecule has 2 aromatic rings. The van der Waals surface area contributed by atoms with Crippen LogP contribution in [0.5, 0.6) is 0 Å². The molecule has 0 spiro atoms. The first kappa shape index (κ1) is 15.8. The van der Waals surface area contributed by atoms with Crippen molar-refractivity contribution in [3.63, 3.8) is 0 Å². The highest BCUT2D eigenvalue weighted by atomic mass is 35.5. The molecule has 1 aromatic heterocycles. The number of hydrogen-bond acceptors (Lipinski definition) is 4. The molecule has 2 rings (SSSR count). The Morgan fingerprint density at radius 2 is 2.19 bits per heavy atom. The average molecular weight is 326 g/mol. The van der Waals surface area contributed by atoms with Crippen molar-refractivity contribution in [2.45, 2.75) is 26.3 Å². The summed E-state index contributed by atoms with van der Waals surface area (Å²) in [6.07, 6.45) is 0.388. The predicted molar refractivity (Wildman–Crippen MR) is 84.8 cm³/mol. The molecule has 1 aromatic carbocycles. The lowest BCUT2D eigenvalue weighted by Crippen LogP contribution is -2.42. The van der Waals surface area contributed by atoms with E-state index in [1.165, 1.54) is 6.92 Å². The zero-order valence-corrected chi connectivity index (χ0v) is 13.4. The smallest absolute Gasteiger partial charge is 0.328 e. The number of fused-ring (bicyclic) bond motifs is 1. The van der Waals surface area contributed by atoms with Gasteiger partial charge in [0, 0.05) is 23.1 Å². The van der Waals surface area contributed by atoms with Gasteiger partial charge in [-0.05, 0) is 41.5 Å². The maximum Gasteiger partial charge on any atom is 0.328 e. The molecule has 112 valence electrons. The number of carbonyl (C=O) groups is 2. The van der Waals surface area contributed by atoms with Gasteiger partial charge in [0.1, 0.15) is 6.04 Å². The summed E-state index contributed by atoms with van der Waals surface area (Å²) in [5.74, 6) is -0.681. The molecule has 0 aliphatic heterocycles. The number of ether oxygens (including phenoxy) is 1. The number of amides is 1. The summed E-state index contributed by atoms with van der Waals surface area (Å²) in [6, 6.07) is 4.97. The Bertz CT molecular complexity index is 668. The Morgan fingerprint density at radius 3 is 2.86 bits per heavy atom. The summed E-state index contributed by atoms with van der Waals surface area (Å²) >= 11 is 7.61. The average Bonchev–Trinajstić information content (AvgIpc) is 2.80. The van der Waals surface area contributed by atoms with Crippen molar-refractivity contribution in [1.82, 2.24) is 5.32 Å². The number of thiophene rings is 1. The normalized spacial score (nSPS) is 12.1. The van der Waals surface area contributed by atoms with Crippen LogP contribution < -0.4 is 5.32 Å². The van der Waals surface area contributed by atoms with Gasteiger partial charge in [0.15, 0.2) is 0 Å². The van der Waals surface area contributed by atoms with E-state index in [0.717, 1.165) is 15.6 Å². The minimum absolute atomic E-state index is 0.259. The molecule has 1 atom stereocenters. The van der Waals surface area contributed by atoms with E-state index in [2.05, 4.69) is 5.32 Å². The lowest BCUT2D eigenvalue weighted by atomic mass is 10.0. The molecule has 0 saturated heterocycles. The van der Waals surface area contributed by atoms with Crippen LogP contribution in [0.2, 0.25) is 5.02 Å². The highest BCUT2D eigenvalue weighted by Gasteiger charge is 2.22. The minimum atomic E-state index is -0.681. The molecule has 0 fully saturated rings. The van der Waals surface area contributed by atoms with Crippen LogP contribution in [-0.4, -0.2) is 24.5 Å². The van der Waals surface area contributed by atoms with Gasteiger partial charge in [-0.3, -0.25) is 4.79 Å². The Morgan fingerprint density at radius 1 is 1.43 bits per heavy atom. The first-order valence-corrected chi connectivity index (χ1v) is 7.86. The summed E-state index contributed by atoms with van der Waals surface area (Å²) in [7, 11) is 0. The number of nitrogens with one attached hydrogen (secondary N) is 1. The summed E-state index contributed by atoms with van der Waals surface area (Å²) < 4.78 is 6.11. The quantitative estimate of drug-likeness (QED) is 0.859. The number of hydrogen-bond donors (Lipinski definition) is 1. The van der Waals surface area contributed by atoms with Crippen LogP contribution in [-0.2, 0) is 20.7 Å². The molecular weight excluding hydrogens is 310 g/mol. The Hall–Kier alpha value is -1.59. The topological polar surface area (TPSA) is 55.4 Å². The third kappa shape index (κ3) is 3.95. The lowest BCUT2D eigenvalue weighted by Gasteiger charge is -2.16. The van der Waals surface area contributed by atoms with E-state index in [1.807, 2.05) is 23.6 Å². The third-order valence-electron chi connectivity index (χ3n) is 2.99. The van der Waals surface area contributed by atoms with E-state index in [1.54, 1.807) is 18.3 Å². The van der Waals surface area contributed by atoms with E-state index in [-0.39, 0.29) is 12.5 Å². The SMILES string of the molecule is CCOC(=O)C(Cc1csc2ccc(Cl)cc12)NC(C)=O. The van der Waals surface area contributed by atoms with Gasteiger partial charge < -0.3 is 10.1 Å². The molecule has 4 nitrogen and oxygen atoms in total. The number of esters is 1. The second kappa shape index (κ2) is 6.91. The fourth-order valence-electron chi connectivity index (χ4n) is 2.11. The van der Waals surface area contributed by atoms with Crippen molar-refractivity contribution in [1.29, 1.82) is 0 Å². The zero-order valence-electron chi connectivity index (χ0n) is 11.8. The van der Waals surface area contributed by atoms with Crippen LogP contribution in [0.1, 0.15) is 19.4 Å². The van der Waals surface area contributed by atoms with E-state index in [0.29, 0.717) is 11.4 Å². The van der Waals surface area contributed by atoms with Gasteiger partial charge in [-0.25, -0.2) is 4.79 Å². The monoisotopic (exact) mass is 325 g/mol. The van der Waals surface area contributed by atoms with Gasteiger partial charge in [0.2, 0.25) is 5.91 Å². The molecule has 1 unspecified atom stereocenters. The van der Waals surface area contributed by atoms with Gasteiger partial charge in [-0.2, -0.15) is 0 Å². The molecule has 0 radical (unpaired) electrons. The predicted octanol–water partition coefficient (Wildman–Crippen LogP) is 3.17. The summed E-state index contributed by atoms with van der Waals surface area (Å²) in [4.78, 5) is 23.2. The largest absolute Gasteiger partial charge is 0.464 e. The van der Waals surface area contributed by atoms with Crippen molar-refractivity contribution < 1.29 is 14.3 Å². The molecule has 0 aliphatic rings. The summed E-state index contributed by atoms with van der Waals surface area (Å²) in [5.41, 5.74) is 0.976. The van der Waals surface area contributed by atoms with Gasteiger partial charge in [-0.15, -0.1) is 11.3 Å². The zero-order chi connectivity index (χ0) is 15.4. The molecule has 0 saturated carbocycles. The number of benzene rings is 1. The van der Waals surface area contributed by atoms with E-state index < -0.39 is 12.0 Å². The van der Waals surface area contributed by atoms with Crippen molar-refractivity contribution >= 4 is 44.9 Å². The minimum Gasteiger partial charge on any atom is -0.464 e. The molecule has 0 bridgehead atoms. The third-order valence-corrected chi connectivity index (χ3v) is 4.24. The van der Waals surface area contributed by atoms with Gasteiger partial charge in [-0.1, -0.05) is 11.6 Å². The van der Waals surface area contributed by atoms with Crippen molar-refractivity contribution in [3.05, 3.63) is 34.2 Å². The molecule has 1 amide bonds. The van der Waals surface area contributed by atoms with Gasteiger partial charge in [0.25, 0.3) is 0 Å². The summed E-state index contributed by atoms with van der Waals surface area (Å²) in [5, 5.41) is 6.28. The van der Waals surface area contributed by atoms with Gasteiger partial charge in [0.05, 0.1) is 6.61 Å². The van der Waals surface area contributed by atoms with E-state index in [9.17, 15) is 9.59 Å². The second-order valence-electron chi connectivity index (χ2n) is 4.61. The number of rotatable bonds is 5. The fraction of sp³-hybridized carbons (Fsp3) is 0.333. The molecule has 6 heteroatoms. The standard InChI is InChI=1S/C15H16ClNO3S/c1-3-20-15(19)13(17-9(2)18)6-10-8-21-14-5-4-11(16)7-12(10)14/h4-5,7-8,13H,3,6H2,1-2H3,(H,17,18). The van der Waals surface area contributed by atoms with E-state index in [4.69, 9.17) is 16.3 Å². The van der Waals surface area contributed by atoms with Crippen LogP contribution >= 0.6 is 22.9 Å².